The van der Waals surface area contributed by atoms with Crippen LogP contribution < -0.4 is 9.47 Å². The van der Waals surface area contributed by atoms with E-state index in [-0.39, 0.29) is 33.1 Å². The van der Waals surface area contributed by atoms with Crippen molar-refractivity contribution in [2.24, 2.45) is 0 Å². The highest BCUT2D eigenvalue weighted by atomic mass is 32.2. The van der Waals surface area contributed by atoms with Crippen molar-refractivity contribution in [2.45, 2.75) is 20.2 Å². The van der Waals surface area contributed by atoms with Crippen molar-refractivity contribution in [1.82, 2.24) is 0 Å². The molecule has 0 aliphatic rings. The maximum Gasteiger partial charge on any atom is 0.501 e. The molecule has 0 amide bonds. The molecule has 0 spiro atoms. The van der Waals surface area contributed by atoms with Gasteiger partial charge in [-0.1, -0.05) is 0 Å². The van der Waals surface area contributed by atoms with Crippen molar-refractivity contribution in [3.05, 3.63) is 115 Å². The quantitative estimate of drug-likeness (QED) is 0.138. The Kier molecular flexibility index (Phi) is 8.47. The normalized spacial score (nSPS) is 11.9. The van der Waals surface area contributed by atoms with E-state index in [1.807, 2.05) is 0 Å². The number of benzene rings is 4. The topological polar surface area (TPSA) is 216 Å². The van der Waals surface area contributed by atoms with Gasteiger partial charge in [0, 0.05) is 12.1 Å². The minimum absolute atomic E-state index is 0.0368. The predicted molar refractivity (Wildman–Crippen MR) is 145 cm³/mol. The van der Waals surface area contributed by atoms with Crippen LogP contribution >= 0.6 is 0 Å². The van der Waals surface area contributed by atoms with Gasteiger partial charge < -0.3 is 9.47 Å². The number of hydrogen-bond donors (Lipinski definition) is 0. The van der Waals surface area contributed by atoms with Crippen molar-refractivity contribution in [3.63, 3.8) is 0 Å². The number of halogens is 3. The largest absolute Gasteiger partial charge is 0.501 e. The van der Waals surface area contributed by atoms with E-state index in [4.69, 9.17) is 9.47 Å². The van der Waals surface area contributed by atoms with Gasteiger partial charge in [0.2, 0.25) is 21.3 Å². The van der Waals surface area contributed by atoms with Gasteiger partial charge in [0.15, 0.2) is 0 Å². The van der Waals surface area contributed by atoms with Crippen LogP contribution in [-0.4, -0.2) is 37.1 Å². The molecule has 0 bridgehead atoms. The minimum Gasteiger partial charge on any atom is -0.450 e. The number of nitrogens with zero attached hydrogens (tertiary/aromatic N) is 3. The third kappa shape index (κ3) is 6.65. The molecule has 234 valence electrons. The zero-order valence-corrected chi connectivity index (χ0v) is 23.4. The average molecular weight is 670 g/mol. The van der Waals surface area contributed by atoms with Crippen LogP contribution in [0.1, 0.15) is 0 Å². The van der Waals surface area contributed by atoms with Crippen LogP contribution in [0.5, 0.6) is 23.0 Å². The van der Waals surface area contributed by atoms with Crippen LogP contribution in [-0.2, 0) is 19.7 Å². The molecule has 0 atom stereocenters. The third-order valence-corrected chi connectivity index (χ3v) is 9.09. The highest BCUT2D eigenvalue weighted by molar-refractivity contribution is 7.92. The molecule has 0 aromatic heterocycles. The minimum atomic E-state index is -5.88. The van der Waals surface area contributed by atoms with E-state index in [0.717, 1.165) is 48.5 Å². The van der Waals surface area contributed by atoms with Crippen LogP contribution in [0.25, 0.3) is 0 Å². The Morgan fingerprint density at radius 2 is 0.956 bits per heavy atom. The van der Waals surface area contributed by atoms with Crippen LogP contribution in [0.2, 0.25) is 0 Å². The number of non-ortho nitro benzene ring substituents is 1. The van der Waals surface area contributed by atoms with E-state index in [2.05, 4.69) is 0 Å². The maximum atomic E-state index is 13.1. The number of nitro benzene ring substituents is 3. The molecule has 0 radical (unpaired) electrons. The second-order valence-corrected chi connectivity index (χ2v) is 12.5. The van der Waals surface area contributed by atoms with E-state index in [0.29, 0.717) is 18.2 Å². The van der Waals surface area contributed by atoms with Crippen molar-refractivity contribution < 1.29 is 54.3 Å². The molecule has 20 heteroatoms. The maximum absolute atomic E-state index is 13.1. The van der Waals surface area contributed by atoms with Gasteiger partial charge in [-0.3, -0.25) is 30.3 Å². The molecule has 0 aliphatic heterocycles. The first-order chi connectivity index (χ1) is 20.9. The van der Waals surface area contributed by atoms with Crippen LogP contribution in [0, 0.1) is 30.3 Å². The molecule has 0 N–H and O–H groups in total. The summed E-state index contributed by atoms with van der Waals surface area (Å²) in [5.41, 5.74) is -8.04. The Balaban J connectivity index is 1.54. The summed E-state index contributed by atoms with van der Waals surface area (Å²) >= 11 is 0. The van der Waals surface area contributed by atoms with Gasteiger partial charge in [0.25, 0.3) is 15.5 Å². The van der Waals surface area contributed by atoms with Crippen LogP contribution in [0.3, 0.4) is 0 Å². The molecule has 4 aromatic carbocycles. The smallest absolute Gasteiger partial charge is 0.450 e. The molecule has 0 unspecified atom stereocenters. The lowest BCUT2D eigenvalue weighted by Crippen LogP contribution is -2.23. The van der Waals surface area contributed by atoms with Crippen LogP contribution in [0.15, 0.2) is 99.6 Å². The highest BCUT2D eigenvalue weighted by Crippen LogP contribution is 2.38. The molecular formula is C25H14F3N3O12S2. The van der Waals surface area contributed by atoms with Crippen molar-refractivity contribution in [1.29, 1.82) is 0 Å². The van der Waals surface area contributed by atoms with Gasteiger partial charge in [-0.25, -0.2) is 16.8 Å². The molecule has 0 saturated carbocycles. The first-order valence-electron chi connectivity index (χ1n) is 11.8. The monoisotopic (exact) mass is 669 g/mol. The molecule has 15 nitrogen and oxygen atoms in total. The van der Waals surface area contributed by atoms with Gasteiger partial charge in [0.1, 0.15) is 11.5 Å². The fourth-order valence-corrected chi connectivity index (χ4v) is 5.68. The molecule has 4 rings (SSSR count). The second-order valence-electron chi connectivity index (χ2n) is 8.65. The fraction of sp³-hybridized carbons (Fsp3) is 0.0400. The second kappa shape index (κ2) is 11.8. The molecule has 0 fully saturated rings. The average Bonchev–Trinajstić information content (AvgIpc) is 2.97. The Labute approximate surface area is 249 Å². The van der Waals surface area contributed by atoms with Crippen molar-refractivity contribution >= 4 is 36.7 Å². The molecule has 0 saturated heterocycles. The molecular weight excluding hydrogens is 655 g/mol. The Morgan fingerprint density at radius 3 is 1.36 bits per heavy atom. The summed E-state index contributed by atoms with van der Waals surface area (Å²) in [5.74, 6) is -1.18. The molecule has 4 aromatic rings. The van der Waals surface area contributed by atoms with E-state index in [9.17, 15) is 60.3 Å². The SMILES string of the molecule is O=[N+]([O-])c1ccc(Oc2ccc(S(=O)(=O)c3ccc(Oc4ccc(S(=O)(=O)C(F)(F)F)cc4[N+](=O)[O-])cc3)cc2)c([N+](=O)[O-])c1. The summed E-state index contributed by atoms with van der Waals surface area (Å²) in [5, 5.41) is 33.6. The number of alkyl halides is 3. The van der Waals surface area contributed by atoms with Crippen LogP contribution in [0.4, 0.5) is 30.2 Å². The number of ether oxygens (including phenoxy) is 2. The fourth-order valence-electron chi connectivity index (χ4n) is 3.64. The number of hydrogen-bond acceptors (Lipinski definition) is 12. The first kappa shape index (κ1) is 32.3. The van der Waals surface area contributed by atoms with E-state index in [1.54, 1.807) is 0 Å². The summed E-state index contributed by atoms with van der Waals surface area (Å²) in [6.07, 6.45) is 0. The highest BCUT2D eigenvalue weighted by Gasteiger charge is 2.47. The van der Waals surface area contributed by atoms with Gasteiger partial charge in [-0.2, -0.15) is 13.2 Å². The summed E-state index contributed by atoms with van der Waals surface area (Å²) in [7, 11) is -10.1. The van der Waals surface area contributed by atoms with Gasteiger partial charge in [0.05, 0.1) is 35.5 Å². The Hall–Kier alpha value is -5.63. The Bertz CT molecular complexity index is 2050. The lowest BCUT2D eigenvalue weighted by atomic mass is 10.2. The van der Waals surface area contributed by atoms with Gasteiger partial charge in [-0.15, -0.1) is 0 Å². The number of sulfone groups is 2. The molecule has 45 heavy (non-hydrogen) atoms. The summed E-state index contributed by atoms with van der Waals surface area (Å²) in [6, 6.07) is 12.9. The summed E-state index contributed by atoms with van der Waals surface area (Å²) in [6.45, 7) is 0. The van der Waals surface area contributed by atoms with E-state index in [1.165, 1.54) is 12.1 Å². The summed E-state index contributed by atoms with van der Waals surface area (Å²) < 4.78 is 98.7. The standard InChI is InChI=1S/C25H14F3N3O12S2/c26-25(27,28)45(40,41)20-10-12-24(22(14-20)31(36)37)43-17-4-8-19(9-5-17)44(38,39)18-6-2-16(3-7-18)42-23-11-1-15(29(32)33)13-21(23)30(34)35/h1-14H. The van der Waals surface area contributed by atoms with Gasteiger partial charge in [-0.05, 0) is 66.7 Å². The number of nitro groups is 3. The van der Waals surface area contributed by atoms with Crippen molar-refractivity contribution in [3.8, 4) is 23.0 Å². The number of rotatable bonds is 10. The van der Waals surface area contributed by atoms with Crippen molar-refractivity contribution in [2.75, 3.05) is 0 Å². The van der Waals surface area contributed by atoms with E-state index >= 15 is 0 Å². The first-order valence-corrected chi connectivity index (χ1v) is 14.7. The zero-order valence-electron chi connectivity index (χ0n) is 21.8. The molecule has 0 heterocycles. The molecule has 0 aliphatic carbocycles. The lowest BCUT2D eigenvalue weighted by Gasteiger charge is -2.11. The zero-order chi connectivity index (χ0) is 33.3. The third-order valence-electron chi connectivity index (χ3n) is 5.82. The Morgan fingerprint density at radius 1 is 0.556 bits per heavy atom. The lowest BCUT2D eigenvalue weighted by molar-refractivity contribution is -0.394. The predicted octanol–water partition coefficient (Wildman–Crippen LogP) is 6.12. The summed E-state index contributed by atoms with van der Waals surface area (Å²) in [4.78, 5) is 28.8. The van der Waals surface area contributed by atoms with E-state index < -0.39 is 67.7 Å². The van der Waals surface area contributed by atoms with Gasteiger partial charge >= 0.3 is 16.9 Å².